The van der Waals surface area contributed by atoms with E-state index in [4.69, 9.17) is 10.5 Å². The van der Waals surface area contributed by atoms with Gasteiger partial charge in [0.25, 0.3) is 0 Å². The van der Waals surface area contributed by atoms with Crippen LogP contribution in [0.2, 0.25) is 0 Å². The van der Waals surface area contributed by atoms with Crippen LogP contribution in [0.4, 0.5) is 4.39 Å². The predicted molar refractivity (Wildman–Crippen MR) is 92.6 cm³/mol. The first-order valence-corrected chi connectivity index (χ1v) is 7.42. The van der Waals surface area contributed by atoms with Crippen molar-refractivity contribution < 1.29 is 18.7 Å². The summed E-state index contributed by atoms with van der Waals surface area (Å²) >= 11 is 0. The van der Waals surface area contributed by atoms with E-state index in [1.165, 1.54) is 25.3 Å². The molecule has 0 saturated carbocycles. The maximum absolute atomic E-state index is 13.4. The number of hydrogen-bond acceptors (Lipinski definition) is 4. The van der Waals surface area contributed by atoms with Gasteiger partial charge in [0.15, 0.2) is 0 Å². The van der Waals surface area contributed by atoms with Crippen molar-refractivity contribution in [2.24, 2.45) is 11.7 Å². The Morgan fingerprint density at radius 1 is 1.29 bits per heavy atom. The van der Waals surface area contributed by atoms with Gasteiger partial charge in [-0.2, -0.15) is 0 Å². The Hall–Kier alpha value is -1.86. The fourth-order valence-electron chi connectivity index (χ4n) is 2.00. The lowest BCUT2D eigenvalue weighted by Gasteiger charge is -2.19. The zero-order valence-corrected chi connectivity index (χ0v) is 15.1. The third-order valence-electron chi connectivity index (χ3n) is 3.48. The van der Waals surface area contributed by atoms with Crippen molar-refractivity contribution in [2.45, 2.75) is 32.9 Å². The molecule has 0 bridgehead atoms. The number of methoxy groups -OCH3 is 1. The Morgan fingerprint density at radius 2 is 1.92 bits per heavy atom. The van der Waals surface area contributed by atoms with E-state index in [9.17, 15) is 14.0 Å². The third kappa shape index (κ3) is 6.33. The number of nitrogens with one attached hydrogen (secondary N) is 2. The minimum Gasteiger partial charge on any atom is -0.496 e. The Kier molecular flexibility index (Phi) is 9.32. The van der Waals surface area contributed by atoms with Gasteiger partial charge in [0.2, 0.25) is 11.8 Å². The van der Waals surface area contributed by atoms with Gasteiger partial charge < -0.3 is 21.1 Å². The highest BCUT2D eigenvalue weighted by molar-refractivity contribution is 5.87. The molecule has 0 spiro atoms. The molecular formula is C16H25ClFN3O3. The molecule has 1 rings (SSSR count). The van der Waals surface area contributed by atoms with Gasteiger partial charge in [-0.05, 0) is 31.0 Å². The third-order valence-corrected chi connectivity index (χ3v) is 3.48. The molecule has 0 saturated heterocycles. The standard InChI is InChI=1S/C16H24FN3O3.ClH/c1-9(2)15(18)16(22)19-8-14(21)20-10(3)12-7-11(17)5-6-13(12)23-4;/h5-7,9-10,15H,8,18H2,1-4H3,(H,19,22)(H,20,21);1H/t10?,15-;/m0./s1. The monoisotopic (exact) mass is 361 g/mol. The summed E-state index contributed by atoms with van der Waals surface area (Å²) in [6.07, 6.45) is 0. The van der Waals surface area contributed by atoms with Crippen LogP contribution < -0.4 is 21.1 Å². The van der Waals surface area contributed by atoms with Crippen molar-refractivity contribution in [1.29, 1.82) is 0 Å². The van der Waals surface area contributed by atoms with Gasteiger partial charge in [0.05, 0.1) is 25.7 Å². The van der Waals surface area contributed by atoms with E-state index in [0.29, 0.717) is 11.3 Å². The molecule has 0 aromatic heterocycles. The summed E-state index contributed by atoms with van der Waals surface area (Å²) in [4.78, 5) is 23.6. The summed E-state index contributed by atoms with van der Waals surface area (Å²) in [5, 5.41) is 5.16. The number of halogens is 2. The number of ether oxygens (including phenoxy) is 1. The lowest BCUT2D eigenvalue weighted by molar-refractivity contribution is -0.127. The number of hydrogen-bond donors (Lipinski definition) is 3. The number of carbonyl (C=O) groups is 2. The number of benzene rings is 1. The molecule has 0 aliphatic heterocycles. The Bertz CT molecular complexity index is 569. The van der Waals surface area contributed by atoms with Crippen LogP contribution >= 0.6 is 12.4 Å². The molecule has 0 fully saturated rings. The van der Waals surface area contributed by atoms with Gasteiger partial charge in [-0.3, -0.25) is 9.59 Å². The summed E-state index contributed by atoms with van der Waals surface area (Å²) in [6, 6.07) is 2.95. The highest BCUT2D eigenvalue weighted by Crippen LogP contribution is 2.25. The molecule has 24 heavy (non-hydrogen) atoms. The minimum atomic E-state index is -0.663. The summed E-state index contributed by atoms with van der Waals surface area (Å²) in [5.41, 5.74) is 6.21. The second kappa shape index (κ2) is 10.1. The van der Waals surface area contributed by atoms with E-state index < -0.39 is 23.8 Å². The smallest absolute Gasteiger partial charge is 0.239 e. The van der Waals surface area contributed by atoms with Crippen molar-refractivity contribution >= 4 is 24.2 Å². The normalized spacial score (nSPS) is 12.8. The Balaban J connectivity index is 0.00000529. The SMILES string of the molecule is COc1ccc(F)cc1C(C)NC(=O)CNC(=O)[C@@H](N)C(C)C.Cl. The van der Waals surface area contributed by atoms with Gasteiger partial charge in [-0.1, -0.05) is 13.8 Å². The highest BCUT2D eigenvalue weighted by Gasteiger charge is 2.19. The van der Waals surface area contributed by atoms with Crippen LogP contribution in [-0.4, -0.2) is 31.5 Å². The summed E-state index contributed by atoms with van der Waals surface area (Å²) in [6.45, 7) is 5.16. The van der Waals surface area contributed by atoms with E-state index >= 15 is 0 Å². The fourth-order valence-corrected chi connectivity index (χ4v) is 2.00. The zero-order chi connectivity index (χ0) is 17.6. The average molecular weight is 362 g/mol. The van der Waals surface area contributed by atoms with Crippen LogP contribution in [0, 0.1) is 11.7 Å². The first-order chi connectivity index (χ1) is 10.8. The molecule has 136 valence electrons. The predicted octanol–water partition coefficient (Wildman–Crippen LogP) is 1.53. The number of nitrogens with two attached hydrogens (primary N) is 1. The molecule has 1 unspecified atom stereocenters. The highest BCUT2D eigenvalue weighted by atomic mass is 35.5. The van der Waals surface area contributed by atoms with E-state index in [1.807, 2.05) is 13.8 Å². The molecule has 0 aliphatic carbocycles. The van der Waals surface area contributed by atoms with Crippen molar-refractivity contribution in [1.82, 2.24) is 10.6 Å². The first-order valence-electron chi connectivity index (χ1n) is 7.42. The van der Waals surface area contributed by atoms with Crippen molar-refractivity contribution in [3.05, 3.63) is 29.6 Å². The van der Waals surface area contributed by atoms with E-state index in [1.54, 1.807) is 6.92 Å². The maximum Gasteiger partial charge on any atom is 0.239 e. The summed E-state index contributed by atoms with van der Waals surface area (Å²) in [7, 11) is 1.47. The number of carbonyl (C=O) groups excluding carboxylic acids is 2. The molecule has 2 atom stereocenters. The number of amides is 2. The molecule has 8 heteroatoms. The molecule has 2 amide bonds. The van der Waals surface area contributed by atoms with Crippen LogP contribution in [0.3, 0.4) is 0 Å². The molecule has 4 N–H and O–H groups in total. The quantitative estimate of drug-likeness (QED) is 0.686. The van der Waals surface area contributed by atoms with Gasteiger partial charge in [-0.15, -0.1) is 12.4 Å². The molecule has 1 aromatic carbocycles. The Morgan fingerprint density at radius 3 is 2.46 bits per heavy atom. The molecule has 6 nitrogen and oxygen atoms in total. The van der Waals surface area contributed by atoms with E-state index in [2.05, 4.69) is 10.6 Å². The second-order valence-electron chi connectivity index (χ2n) is 5.66. The summed E-state index contributed by atoms with van der Waals surface area (Å²) < 4.78 is 18.5. The van der Waals surface area contributed by atoms with Crippen molar-refractivity contribution in [2.75, 3.05) is 13.7 Å². The summed E-state index contributed by atoms with van der Waals surface area (Å²) in [5.74, 6) is -0.740. The van der Waals surface area contributed by atoms with Crippen LogP contribution in [0.1, 0.15) is 32.4 Å². The van der Waals surface area contributed by atoms with Crippen molar-refractivity contribution in [3.63, 3.8) is 0 Å². The lowest BCUT2D eigenvalue weighted by atomic mass is 10.1. The van der Waals surface area contributed by atoms with Crippen LogP contribution in [0.15, 0.2) is 18.2 Å². The van der Waals surface area contributed by atoms with Gasteiger partial charge in [0, 0.05) is 5.56 Å². The maximum atomic E-state index is 13.4. The van der Waals surface area contributed by atoms with E-state index in [-0.39, 0.29) is 30.8 Å². The zero-order valence-electron chi connectivity index (χ0n) is 14.3. The second-order valence-corrected chi connectivity index (χ2v) is 5.66. The van der Waals surface area contributed by atoms with Crippen LogP contribution in [0.25, 0.3) is 0 Å². The molecule has 0 heterocycles. The minimum absolute atomic E-state index is 0. The van der Waals surface area contributed by atoms with E-state index in [0.717, 1.165) is 0 Å². The van der Waals surface area contributed by atoms with Crippen molar-refractivity contribution in [3.8, 4) is 5.75 Å². The first kappa shape index (κ1) is 22.1. The fraction of sp³-hybridized carbons (Fsp3) is 0.500. The molecule has 0 radical (unpaired) electrons. The lowest BCUT2D eigenvalue weighted by Crippen LogP contribution is -2.47. The average Bonchev–Trinajstić information content (AvgIpc) is 2.51. The van der Waals surface area contributed by atoms with Gasteiger partial charge >= 0.3 is 0 Å². The van der Waals surface area contributed by atoms with Crippen LogP contribution in [0.5, 0.6) is 5.75 Å². The topological polar surface area (TPSA) is 93.5 Å². The number of rotatable bonds is 7. The largest absolute Gasteiger partial charge is 0.496 e. The molecule has 1 aromatic rings. The van der Waals surface area contributed by atoms with Gasteiger partial charge in [-0.25, -0.2) is 4.39 Å². The Labute approximate surface area is 147 Å². The van der Waals surface area contributed by atoms with Crippen LogP contribution in [-0.2, 0) is 9.59 Å². The molecule has 0 aliphatic rings. The molecular weight excluding hydrogens is 337 g/mol. The van der Waals surface area contributed by atoms with Gasteiger partial charge in [0.1, 0.15) is 11.6 Å².